The maximum absolute atomic E-state index is 7.14. The molecule has 47 heavy (non-hydrogen) atoms. The van der Waals surface area contributed by atoms with E-state index < -0.39 is 6.03 Å². The molecule has 0 N–H and O–H groups in total. The number of aryl methyl sites for hydroxylation is 6. The quantitative estimate of drug-likeness (QED) is 0.135. The van der Waals surface area contributed by atoms with Crippen LogP contribution in [0, 0.1) is 13.8 Å². The molecule has 5 heteroatoms. The third-order valence-electron chi connectivity index (χ3n) is 10.7. The van der Waals surface area contributed by atoms with E-state index in [4.69, 9.17) is 9.47 Å². The minimum atomic E-state index is -0.971. The second-order valence-electron chi connectivity index (χ2n) is 14.2. The molecule has 8 rings (SSSR count). The molecule has 1 spiro atoms. The number of rotatable bonds is 10. The van der Waals surface area contributed by atoms with E-state index in [9.17, 15) is 0 Å². The number of fused-ring (bicyclic) bond motifs is 5. The molecule has 240 valence electrons. The monoisotopic (exact) mass is 626 g/mol. The van der Waals surface area contributed by atoms with Crippen molar-refractivity contribution in [1.29, 1.82) is 0 Å². The summed E-state index contributed by atoms with van der Waals surface area (Å²) in [7, 11) is 0. The van der Waals surface area contributed by atoms with Gasteiger partial charge in [-0.1, -0.05) is 57.7 Å². The van der Waals surface area contributed by atoms with Crippen LogP contribution >= 0.6 is 0 Å². The summed E-state index contributed by atoms with van der Waals surface area (Å²) >= 11 is 0. The number of hydrogen-bond donors (Lipinski definition) is 0. The van der Waals surface area contributed by atoms with E-state index in [1.807, 2.05) is 0 Å². The molecule has 1 saturated carbocycles. The molecule has 3 atom stereocenters. The summed E-state index contributed by atoms with van der Waals surface area (Å²) in [6.07, 6.45) is 21.9. The van der Waals surface area contributed by atoms with Crippen LogP contribution in [0.15, 0.2) is 85.2 Å². The highest BCUT2D eigenvalue weighted by Gasteiger charge is 2.76. The van der Waals surface area contributed by atoms with Crippen molar-refractivity contribution >= 4 is 12.4 Å². The van der Waals surface area contributed by atoms with Crippen LogP contribution in [0.5, 0.6) is 11.5 Å². The maximum Gasteiger partial charge on any atom is 0.704 e. The molecular weight excluding hydrogens is 578 g/mol. The van der Waals surface area contributed by atoms with Crippen LogP contribution in [0.3, 0.4) is 0 Å². The SMILES string of the molecule is Cc1cc(CCCCc2ccccc2)cc2c1OC13Oc4c(C)cc(CCCC[n+]5ccccc5)cc4C=[N+]1C1CCCCC1[N+]3=C2. The number of aromatic nitrogens is 1. The lowest BCUT2D eigenvalue weighted by molar-refractivity contribution is -0.866. The highest BCUT2D eigenvalue weighted by molar-refractivity contribution is 5.84. The van der Waals surface area contributed by atoms with Gasteiger partial charge in [-0.05, 0) is 105 Å². The average Bonchev–Trinajstić information content (AvgIpc) is 3.37. The Kier molecular flexibility index (Phi) is 8.16. The molecular formula is C42H48N3O2+3. The highest BCUT2D eigenvalue weighted by Crippen LogP contribution is 2.46. The van der Waals surface area contributed by atoms with Gasteiger partial charge in [0.2, 0.25) is 12.1 Å². The Balaban J connectivity index is 1.04. The average molecular weight is 627 g/mol. The lowest BCUT2D eigenvalue weighted by Crippen LogP contribution is -2.60. The normalized spacial score (nSPS) is 22.0. The van der Waals surface area contributed by atoms with Crippen molar-refractivity contribution < 1.29 is 23.2 Å². The van der Waals surface area contributed by atoms with Gasteiger partial charge in [-0.2, -0.15) is 0 Å². The molecule has 3 aromatic carbocycles. The summed E-state index contributed by atoms with van der Waals surface area (Å²) < 4.78 is 21.4. The first-order valence-corrected chi connectivity index (χ1v) is 18.0. The number of nitrogens with zero attached hydrogens (tertiary/aromatic N) is 3. The molecule has 3 aliphatic heterocycles. The smallest absolute Gasteiger partial charge is 0.340 e. The van der Waals surface area contributed by atoms with Gasteiger partial charge in [0.1, 0.15) is 6.54 Å². The van der Waals surface area contributed by atoms with Gasteiger partial charge in [0.25, 0.3) is 0 Å². The van der Waals surface area contributed by atoms with Gasteiger partial charge in [0.05, 0.1) is 11.1 Å². The topological polar surface area (TPSA) is 28.4 Å². The van der Waals surface area contributed by atoms with Crippen LogP contribution in [0.2, 0.25) is 0 Å². The zero-order valence-electron chi connectivity index (χ0n) is 28.0. The van der Waals surface area contributed by atoms with Gasteiger partial charge in [-0.25, -0.2) is 4.57 Å². The summed E-state index contributed by atoms with van der Waals surface area (Å²) in [5, 5.41) is 0. The second-order valence-corrected chi connectivity index (χ2v) is 14.2. The Hall–Kier alpha value is -4.25. The Labute approximate surface area is 279 Å². The van der Waals surface area contributed by atoms with Gasteiger partial charge in [0, 0.05) is 31.4 Å². The van der Waals surface area contributed by atoms with E-state index in [0.29, 0.717) is 12.1 Å². The summed E-state index contributed by atoms with van der Waals surface area (Å²) in [6, 6.07) is 26.3. The van der Waals surface area contributed by atoms with Crippen molar-refractivity contribution in [1.82, 2.24) is 0 Å². The van der Waals surface area contributed by atoms with E-state index >= 15 is 0 Å². The number of pyridine rings is 1. The molecule has 0 amide bonds. The van der Waals surface area contributed by atoms with Gasteiger partial charge in [-0.3, -0.25) is 0 Å². The number of hydrogen-bond acceptors (Lipinski definition) is 2. The highest BCUT2D eigenvalue weighted by atomic mass is 16.7. The second kappa shape index (κ2) is 12.7. The van der Waals surface area contributed by atoms with Crippen molar-refractivity contribution in [3.63, 3.8) is 0 Å². The lowest BCUT2D eigenvalue weighted by atomic mass is 9.91. The first kappa shape index (κ1) is 30.1. The molecule has 2 fully saturated rings. The van der Waals surface area contributed by atoms with Crippen molar-refractivity contribution in [3.8, 4) is 11.5 Å². The van der Waals surface area contributed by atoms with E-state index in [0.717, 1.165) is 63.0 Å². The predicted molar refractivity (Wildman–Crippen MR) is 186 cm³/mol. The van der Waals surface area contributed by atoms with E-state index in [-0.39, 0.29) is 0 Å². The first-order chi connectivity index (χ1) is 23.1. The minimum Gasteiger partial charge on any atom is -0.340 e. The van der Waals surface area contributed by atoms with Gasteiger partial charge in [-0.15, -0.1) is 0 Å². The Bertz CT molecular complexity index is 1690. The molecule has 0 radical (unpaired) electrons. The molecule has 4 aromatic rings. The number of benzene rings is 3. The molecule has 4 aliphatic rings. The fourth-order valence-electron chi connectivity index (χ4n) is 8.47. The predicted octanol–water partition coefficient (Wildman–Crippen LogP) is 7.46. The van der Waals surface area contributed by atoms with Crippen molar-refractivity contribution in [3.05, 3.63) is 124 Å². The Morgan fingerprint density at radius 1 is 0.617 bits per heavy atom. The Morgan fingerprint density at radius 2 is 1.13 bits per heavy atom. The third kappa shape index (κ3) is 5.79. The Morgan fingerprint density at radius 3 is 1.70 bits per heavy atom. The molecule has 3 unspecified atom stereocenters. The standard InChI is InChI=1S/C42H48N3O2/c1-31-25-34(18-8-7-17-33-15-5-3-6-16-33)27-36-29-44-38-20-9-10-21-39(38)45-30-37-28-35(19-11-14-24-43-22-12-4-13-23-43)26-32(2)41(37)47-42(44,45)46-40(31)36/h3-6,12-13,15-16,22-23,25-30,38-39H,7-11,14,17-21,24H2,1-2H3/q+3. The van der Waals surface area contributed by atoms with Crippen LogP contribution < -0.4 is 14.0 Å². The third-order valence-corrected chi connectivity index (χ3v) is 10.7. The maximum atomic E-state index is 7.14. The van der Waals surface area contributed by atoms with Crippen LogP contribution in [-0.2, 0) is 25.8 Å². The molecule has 0 bridgehead atoms. The minimum absolute atomic E-state index is 0.368. The van der Waals surface area contributed by atoms with Crippen LogP contribution in [0.1, 0.15) is 90.3 Å². The summed E-state index contributed by atoms with van der Waals surface area (Å²) in [5.74, 6) is 1.92. The van der Waals surface area contributed by atoms with Crippen molar-refractivity contribution in [2.75, 3.05) is 0 Å². The zero-order chi connectivity index (χ0) is 31.8. The van der Waals surface area contributed by atoms with Crippen LogP contribution in [-0.4, -0.2) is 39.7 Å². The first-order valence-electron chi connectivity index (χ1n) is 18.0. The fraction of sp³-hybridized carbons (Fsp3) is 0.405. The molecule has 1 aliphatic carbocycles. The van der Waals surface area contributed by atoms with E-state index in [1.54, 1.807) is 0 Å². The van der Waals surface area contributed by atoms with E-state index in [2.05, 4.69) is 125 Å². The summed E-state index contributed by atoms with van der Waals surface area (Å²) in [6.45, 7) is 5.46. The lowest BCUT2D eigenvalue weighted by Gasteiger charge is -2.29. The van der Waals surface area contributed by atoms with Crippen LogP contribution in [0.4, 0.5) is 0 Å². The van der Waals surface area contributed by atoms with Crippen molar-refractivity contribution in [2.24, 2.45) is 0 Å². The van der Waals surface area contributed by atoms with E-state index in [1.165, 1.54) is 64.6 Å². The number of unbranched alkanes of at least 4 members (excludes halogenated alkanes) is 2. The molecule has 5 nitrogen and oxygen atoms in total. The molecule has 1 aromatic heterocycles. The zero-order valence-corrected chi connectivity index (χ0v) is 28.0. The van der Waals surface area contributed by atoms with Gasteiger partial charge < -0.3 is 9.47 Å². The van der Waals surface area contributed by atoms with Gasteiger partial charge in [0.15, 0.2) is 36.3 Å². The number of ether oxygens (including phenoxy) is 2. The summed E-state index contributed by atoms with van der Waals surface area (Å²) in [4.78, 5) is 0. The summed E-state index contributed by atoms with van der Waals surface area (Å²) in [5.41, 5.74) is 8.97. The van der Waals surface area contributed by atoms with Gasteiger partial charge >= 0.3 is 6.03 Å². The molecule has 1 saturated heterocycles. The van der Waals surface area contributed by atoms with Crippen molar-refractivity contribution in [2.45, 2.75) is 109 Å². The van der Waals surface area contributed by atoms with Crippen LogP contribution in [0.25, 0.3) is 0 Å². The fourth-order valence-corrected chi connectivity index (χ4v) is 8.47. The molecule has 4 heterocycles. The largest absolute Gasteiger partial charge is 0.704 e.